The second-order valence-electron chi connectivity index (χ2n) is 7.10. The number of aliphatic hydroxyl groups excluding tert-OH is 1. The second kappa shape index (κ2) is 11.0. The summed E-state index contributed by atoms with van der Waals surface area (Å²) in [5.41, 5.74) is 6.06. The van der Waals surface area contributed by atoms with E-state index in [9.17, 15) is 23.5 Å². The van der Waals surface area contributed by atoms with Crippen molar-refractivity contribution in [1.82, 2.24) is 20.2 Å². The Hall–Kier alpha value is -3.58. The molecule has 1 aliphatic heterocycles. The van der Waals surface area contributed by atoms with Gasteiger partial charge in [0.1, 0.15) is 24.7 Å². The average Bonchev–Trinajstić information content (AvgIpc) is 2.76. The van der Waals surface area contributed by atoms with Crippen LogP contribution in [0, 0.1) is 0 Å². The Kier molecular flexibility index (Phi) is 8.12. The van der Waals surface area contributed by atoms with Gasteiger partial charge in [0.25, 0.3) is 5.91 Å². The Morgan fingerprint density at radius 2 is 2.06 bits per heavy atom. The maximum Gasteiger partial charge on any atom is 0.387 e. The molecular weight excluding hydrogens is 478 g/mol. The highest BCUT2D eigenvalue weighted by atomic mass is 35.5. The van der Waals surface area contributed by atoms with Crippen LogP contribution in [-0.4, -0.2) is 63.9 Å². The lowest BCUT2D eigenvalue weighted by Crippen LogP contribution is -2.59. The second-order valence-corrected chi connectivity index (χ2v) is 7.54. The van der Waals surface area contributed by atoms with Crippen LogP contribution in [0.15, 0.2) is 35.7 Å². The Morgan fingerprint density at radius 1 is 1.35 bits per heavy atom. The number of likely N-dealkylation sites (tertiary alicyclic amines) is 1. The van der Waals surface area contributed by atoms with Gasteiger partial charge in [-0.3, -0.25) is 9.59 Å². The van der Waals surface area contributed by atoms with Gasteiger partial charge in [0, 0.05) is 24.0 Å². The summed E-state index contributed by atoms with van der Waals surface area (Å²) in [5.74, 6) is -1.15. The molecule has 2 heterocycles. The molecule has 1 fully saturated rings. The van der Waals surface area contributed by atoms with Crippen LogP contribution in [0.2, 0.25) is 5.02 Å². The summed E-state index contributed by atoms with van der Waals surface area (Å²) in [4.78, 5) is 39.2. The molecule has 0 radical (unpaired) electrons. The van der Waals surface area contributed by atoms with Crippen molar-refractivity contribution in [3.63, 3.8) is 0 Å². The van der Waals surface area contributed by atoms with Crippen LogP contribution in [0.5, 0.6) is 5.75 Å². The first-order valence-corrected chi connectivity index (χ1v) is 10.3. The Labute approximate surface area is 197 Å². The maximum absolute atomic E-state index is 12.7. The summed E-state index contributed by atoms with van der Waals surface area (Å²) in [7, 11) is 1.35. The number of nitrogens with zero attached hydrogens (tertiary/aromatic N) is 4. The number of oxime groups is 1. The fourth-order valence-electron chi connectivity index (χ4n) is 3.15. The number of hydrogen-bond donors (Lipinski definition) is 3. The number of nitrogens with one attached hydrogen (secondary N) is 1. The van der Waals surface area contributed by atoms with Gasteiger partial charge in [0.2, 0.25) is 5.91 Å². The third-order valence-electron chi connectivity index (χ3n) is 4.89. The minimum Gasteiger partial charge on any atom is -0.435 e. The van der Waals surface area contributed by atoms with E-state index in [0.717, 1.165) is 12.1 Å². The van der Waals surface area contributed by atoms with E-state index in [4.69, 9.17) is 17.3 Å². The van der Waals surface area contributed by atoms with Crippen LogP contribution in [0.3, 0.4) is 0 Å². The van der Waals surface area contributed by atoms with Gasteiger partial charge in [-0.15, -0.1) is 0 Å². The maximum atomic E-state index is 12.7. The Bertz CT molecular complexity index is 1070. The molecule has 182 valence electrons. The third-order valence-corrected chi connectivity index (χ3v) is 5.10. The van der Waals surface area contributed by atoms with Crippen molar-refractivity contribution in [2.75, 3.05) is 13.7 Å². The van der Waals surface area contributed by atoms with Crippen molar-refractivity contribution in [3.05, 3.63) is 52.6 Å². The first-order valence-electron chi connectivity index (χ1n) is 9.89. The quantitative estimate of drug-likeness (QED) is 0.262. The number of nitrogens with two attached hydrogens (primary N) is 1. The van der Waals surface area contributed by atoms with E-state index in [2.05, 4.69) is 30.0 Å². The number of rotatable bonds is 9. The summed E-state index contributed by atoms with van der Waals surface area (Å²) >= 11 is 5.87. The minimum absolute atomic E-state index is 0.000769. The molecule has 34 heavy (non-hydrogen) atoms. The van der Waals surface area contributed by atoms with Gasteiger partial charge in [-0.05, 0) is 30.2 Å². The molecule has 2 aromatic rings. The van der Waals surface area contributed by atoms with Gasteiger partial charge in [0.05, 0.1) is 12.1 Å². The number of amides is 2. The van der Waals surface area contributed by atoms with Crippen LogP contribution >= 0.6 is 11.6 Å². The Balaban J connectivity index is 1.59. The van der Waals surface area contributed by atoms with Gasteiger partial charge in [-0.25, -0.2) is 9.97 Å². The number of carbonyl (C=O) groups excluding carboxylic acids is 2. The zero-order valence-corrected chi connectivity index (χ0v) is 18.6. The number of aliphatic hydroxyl groups is 1. The van der Waals surface area contributed by atoms with Crippen LogP contribution in [0.4, 0.5) is 8.78 Å². The molecule has 1 aromatic heterocycles. The molecule has 0 aliphatic carbocycles. The highest BCUT2D eigenvalue weighted by molar-refractivity contribution is 6.30. The predicted molar refractivity (Wildman–Crippen MR) is 115 cm³/mol. The molecule has 0 bridgehead atoms. The lowest BCUT2D eigenvalue weighted by molar-refractivity contribution is -0.154. The van der Waals surface area contributed by atoms with E-state index in [1.54, 1.807) is 0 Å². The van der Waals surface area contributed by atoms with E-state index in [-0.39, 0.29) is 35.3 Å². The van der Waals surface area contributed by atoms with Crippen molar-refractivity contribution >= 4 is 29.3 Å². The van der Waals surface area contributed by atoms with Crippen molar-refractivity contribution in [2.45, 2.75) is 31.7 Å². The molecule has 1 aromatic carbocycles. The van der Waals surface area contributed by atoms with Crippen molar-refractivity contribution < 1.29 is 33.1 Å². The number of ether oxygens (including phenoxy) is 1. The molecule has 4 N–H and O–H groups in total. The number of alkyl halides is 2. The topological polar surface area (TPSA) is 152 Å². The largest absolute Gasteiger partial charge is 0.435 e. The van der Waals surface area contributed by atoms with Gasteiger partial charge < -0.3 is 30.6 Å². The highest BCUT2D eigenvalue weighted by Gasteiger charge is 2.40. The zero-order valence-electron chi connectivity index (χ0n) is 17.8. The number of halogens is 3. The van der Waals surface area contributed by atoms with E-state index >= 15 is 0 Å². The summed E-state index contributed by atoms with van der Waals surface area (Å²) in [6.07, 6.45) is 1.49. The first kappa shape index (κ1) is 25.1. The SMILES string of the molecule is CO/N=C(\N)c1cnc(CNC(=O)[C@@H]2CCN2C(=O)[C@H](O)c2cc(Cl)cc(OC(F)F)c2)nc1. The third kappa shape index (κ3) is 6.05. The summed E-state index contributed by atoms with van der Waals surface area (Å²) in [5, 5.41) is 16.6. The fraction of sp³-hybridized carbons (Fsp3) is 0.350. The molecule has 1 aliphatic rings. The minimum atomic E-state index is -3.10. The standard InChI is InChI=1S/C20H21ClF2N6O5/c1-33-28-17(24)11-7-25-15(26-8-11)9-27-18(31)14-2-3-29(14)19(32)16(30)10-4-12(21)6-13(5-10)34-20(22)23/h4-8,14,16,20,30H,2-3,9H2,1H3,(H2,24,28)(H,27,31)/t14-,16+/m0/s1. The van der Waals surface area contributed by atoms with Crippen molar-refractivity contribution in [3.8, 4) is 5.75 Å². The number of hydrogen-bond acceptors (Lipinski definition) is 8. The van der Waals surface area contributed by atoms with Crippen LogP contribution in [0.25, 0.3) is 0 Å². The van der Waals surface area contributed by atoms with Crippen molar-refractivity contribution in [1.29, 1.82) is 0 Å². The molecule has 3 rings (SSSR count). The van der Waals surface area contributed by atoms with Crippen LogP contribution in [0.1, 0.15) is 29.5 Å². The van der Waals surface area contributed by atoms with Crippen LogP contribution in [-0.2, 0) is 21.0 Å². The molecule has 2 amide bonds. The molecule has 0 saturated carbocycles. The molecule has 14 heteroatoms. The molecule has 0 unspecified atom stereocenters. The molecule has 1 saturated heterocycles. The summed E-state index contributed by atoms with van der Waals surface area (Å²) in [6, 6.07) is 2.65. The van der Waals surface area contributed by atoms with Gasteiger partial charge in [-0.2, -0.15) is 8.78 Å². The van der Waals surface area contributed by atoms with Gasteiger partial charge in [-0.1, -0.05) is 16.8 Å². The van der Waals surface area contributed by atoms with Gasteiger partial charge in [0.15, 0.2) is 11.9 Å². The molecule has 11 nitrogen and oxygen atoms in total. The van der Waals surface area contributed by atoms with Crippen LogP contribution < -0.4 is 15.8 Å². The number of amidine groups is 1. The van der Waals surface area contributed by atoms with Gasteiger partial charge >= 0.3 is 6.61 Å². The molecular formula is C20H21ClF2N6O5. The van der Waals surface area contributed by atoms with E-state index in [1.807, 2.05) is 0 Å². The molecule has 2 atom stereocenters. The normalized spacial score (nSPS) is 16.6. The smallest absolute Gasteiger partial charge is 0.387 e. The monoisotopic (exact) mass is 498 g/mol. The van der Waals surface area contributed by atoms with E-state index < -0.39 is 30.6 Å². The predicted octanol–water partition coefficient (Wildman–Crippen LogP) is 0.949. The van der Waals surface area contributed by atoms with Crippen molar-refractivity contribution in [2.24, 2.45) is 10.9 Å². The lowest BCUT2D eigenvalue weighted by atomic mass is 9.99. The summed E-state index contributed by atoms with van der Waals surface area (Å²) < 4.78 is 29.3. The van der Waals surface area contributed by atoms with E-state index in [1.165, 1.54) is 30.5 Å². The zero-order chi connectivity index (χ0) is 24.8. The number of aromatic nitrogens is 2. The lowest BCUT2D eigenvalue weighted by Gasteiger charge is -2.40. The highest BCUT2D eigenvalue weighted by Crippen LogP contribution is 2.29. The first-order chi connectivity index (χ1) is 16.2. The fourth-order valence-corrected chi connectivity index (χ4v) is 3.38. The number of carbonyl (C=O) groups is 2. The van der Waals surface area contributed by atoms with E-state index in [0.29, 0.717) is 17.8 Å². The Morgan fingerprint density at radius 3 is 2.65 bits per heavy atom. The molecule has 0 spiro atoms. The summed E-state index contributed by atoms with van der Waals surface area (Å²) in [6.45, 7) is -2.87. The average molecular weight is 499 g/mol. The number of benzene rings is 1.